The second-order valence-electron chi connectivity index (χ2n) is 6.40. The average molecular weight is 379 g/mol. The molecule has 0 fully saturated rings. The van der Waals surface area contributed by atoms with Crippen molar-refractivity contribution in [2.75, 3.05) is 13.1 Å². The van der Waals surface area contributed by atoms with Gasteiger partial charge in [0.2, 0.25) is 0 Å². The highest BCUT2D eigenvalue weighted by Gasteiger charge is 2.18. The van der Waals surface area contributed by atoms with Crippen LogP contribution in [-0.2, 0) is 0 Å². The zero-order valence-corrected chi connectivity index (χ0v) is 15.0. The lowest BCUT2D eigenvalue weighted by molar-refractivity contribution is 0.563. The maximum atomic E-state index is 12.5. The van der Waals surface area contributed by atoms with Crippen molar-refractivity contribution in [1.82, 2.24) is 15.3 Å². The van der Waals surface area contributed by atoms with Crippen LogP contribution in [0.25, 0.3) is 33.4 Å². The predicted octanol–water partition coefficient (Wildman–Crippen LogP) is 3.73. The Hall–Kier alpha value is -3.12. The molecule has 7 heteroatoms. The third-order valence-electron chi connectivity index (χ3n) is 4.64. The summed E-state index contributed by atoms with van der Waals surface area (Å²) in [6.45, 7) is 1.74. The van der Waals surface area contributed by atoms with Crippen molar-refractivity contribution < 1.29 is 4.42 Å². The van der Waals surface area contributed by atoms with Crippen LogP contribution in [0.3, 0.4) is 0 Å². The monoisotopic (exact) mass is 378 g/mol. The first-order valence-corrected chi connectivity index (χ1v) is 9.09. The van der Waals surface area contributed by atoms with E-state index in [2.05, 4.69) is 20.3 Å². The molecule has 2 aromatic carbocycles. The number of halogens is 1. The van der Waals surface area contributed by atoms with Crippen molar-refractivity contribution in [3.05, 3.63) is 63.5 Å². The molecule has 0 spiro atoms. The Balaban J connectivity index is 1.67. The van der Waals surface area contributed by atoms with Crippen molar-refractivity contribution in [2.45, 2.75) is 6.42 Å². The summed E-state index contributed by atoms with van der Waals surface area (Å²) in [7, 11) is 0. The van der Waals surface area contributed by atoms with Gasteiger partial charge in [0.25, 0.3) is 0 Å². The number of aromatic amines is 1. The number of benzene rings is 2. The maximum absolute atomic E-state index is 12.5. The number of amidine groups is 1. The zero-order chi connectivity index (χ0) is 18.4. The fraction of sp³-hybridized carbons (Fsp3) is 0.150. The molecule has 2 N–H and O–H groups in total. The van der Waals surface area contributed by atoms with Crippen LogP contribution in [0, 0.1) is 0 Å². The first-order valence-electron chi connectivity index (χ1n) is 8.71. The normalized spacial score (nSPS) is 14.3. The minimum absolute atomic E-state index is 0.237. The Morgan fingerprint density at radius 1 is 1.15 bits per heavy atom. The van der Waals surface area contributed by atoms with Crippen molar-refractivity contribution in [2.24, 2.45) is 4.99 Å². The topological polar surface area (TPSA) is 83.3 Å². The van der Waals surface area contributed by atoms with Gasteiger partial charge in [-0.25, -0.2) is 9.78 Å². The minimum Gasteiger partial charge on any atom is -0.422 e. The van der Waals surface area contributed by atoms with Gasteiger partial charge in [-0.1, -0.05) is 23.7 Å². The molecule has 3 heterocycles. The predicted molar refractivity (Wildman–Crippen MR) is 107 cm³/mol. The number of aliphatic imine (C=N–C) groups is 1. The van der Waals surface area contributed by atoms with E-state index in [1.165, 1.54) is 0 Å². The second kappa shape index (κ2) is 6.25. The summed E-state index contributed by atoms with van der Waals surface area (Å²) >= 11 is 6.51. The lowest BCUT2D eigenvalue weighted by atomic mass is 10.1. The summed E-state index contributed by atoms with van der Waals surface area (Å²) in [6.07, 6.45) is 1.04. The highest BCUT2D eigenvalue weighted by Crippen LogP contribution is 2.31. The molecule has 0 amide bonds. The molecule has 5 rings (SSSR count). The number of imidazole rings is 1. The molecule has 1 aliphatic heterocycles. The van der Waals surface area contributed by atoms with E-state index < -0.39 is 5.63 Å². The Morgan fingerprint density at radius 2 is 2.04 bits per heavy atom. The largest absolute Gasteiger partial charge is 0.422 e. The Labute approximate surface area is 158 Å². The van der Waals surface area contributed by atoms with Gasteiger partial charge in [-0.2, -0.15) is 0 Å². The minimum atomic E-state index is -0.517. The number of fused-ring (bicyclic) bond motifs is 2. The second-order valence-corrected chi connectivity index (χ2v) is 6.78. The first-order chi connectivity index (χ1) is 13.2. The van der Waals surface area contributed by atoms with Gasteiger partial charge >= 0.3 is 5.63 Å². The van der Waals surface area contributed by atoms with Gasteiger partial charge in [-0.15, -0.1) is 0 Å². The fourth-order valence-corrected chi connectivity index (χ4v) is 3.64. The van der Waals surface area contributed by atoms with Gasteiger partial charge in [0.1, 0.15) is 22.8 Å². The van der Waals surface area contributed by atoms with E-state index in [9.17, 15) is 4.79 Å². The van der Waals surface area contributed by atoms with E-state index in [1.54, 1.807) is 12.1 Å². The molecule has 0 saturated carbocycles. The molecule has 134 valence electrons. The molecular formula is C20H15ClN4O2. The highest BCUT2D eigenvalue weighted by molar-refractivity contribution is 6.37. The van der Waals surface area contributed by atoms with Crippen LogP contribution in [0.4, 0.5) is 0 Å². The number of hydrogen-bond donors (Lipinski definition) is 2. The fourth-order valence-electron chi connectivity index (χ4n) is 3.31. The van der Waals surface area contributed by atoms with Crippen LogP contribution in [0.5, 0.6) is 0 Å². The number of nitrogens with one attached hydrogen (secondary N) is 2. The molecule has 0 aliphatic carbocycles. The van der Waals surface area contributed by atoms with Crippen LogP contribution in [-0.4, -0.2) is 28.9 Å². The number of aromatic nitrogens is 2. The van der Waals surface area contributed by atoms with Gasteiger partial charge in [-0.3, -0.25) is 4.99 Å². The summed E-state index contributed by atoms with van der Waals surface area (Å²) in [5.74, 6) is 1.27. The third-order valence-corrected chi connectivity index (χ3v) is 5.03. The molecule has 0 bridgehead atoms. The standard InChI is InChI=1S/C20H15ClN4O2/c21-17-12-4-1-2-5-15(12)27-20(26)16(17)19-24-13-7-6-11(10-14(13)25-19)18-22-8-3-9-23-18/h1-2,4-7,10H,3,8-9H2,(H,22,23)(H,24,25). The van der Waals surface area contributed by atoms with Crippen LogP contribution in [0.1, 0.15) is 12.0 Å². The molecule has 27 heavy (non-hydrogen) atoms. The molecule has 0 atom stereocenters. The van der Waals surface area contributed by atoms with E-state index in [-0.39, 0.29) is 5.56 Å². The van der Waals surface area contributed by atoms with E-state index in [0.717, 1.165) is 41.9 Å². The van der Waals surface area contributed by atoms with Gasteiger partial charge in [0.15, 0.2) is 0 Å². The number of H-pyrrole nitrogens is 1. The van der Waals surface area contributed by atoms with Crippen LogP contribution in [0.15, 0.2) is 56.7 Å². The summed E-state index contributed by atoms with van der Waals surface area (Å²) in [6, 6.07) is 13.0. The van der Waals surface area contributed by atoms with Crippen LogP contribution >= 0.6 is 11.6 Å². The molecule has 0 unspecified atom stereocenters. The number of para-hydroxylation sites is 1. The summed E-state index contributed by atoms with van der Waals surface area (Å²) in [5.41, 5.74) is 2.71. The van der Waals surface area contributed by atoms with Gasteiger partial charge in [0, 0.05) is 24.0 Å². The molecule has 6 nitrogen and oxygen atoms in total. The first kappa shape index (κ1) is 16.1. The average Bonchev–Trinajstić information content (AvgIpc) is 3.11. The van der Waals surface area contributed by atoms with Crippen molar-refractivity contribution >= 4 is 39.4 Å². The van der Waals surface area contributed by atoms with Crippen molar-refractivity contribution in [3.8, 4) is 11.4 Å². The van der Waals surface area contributed by atoms with Crippen LogP contribution < -0.4 is 10.9 Å². The lowest BCUT2D eigenvalue weighted by Gasteiger charge is -2.14. The highest BCUT2D eigenvalue weighted by atomic mass is 35.5. The van der Waals surface area contributed by atoms with E-state index in [4.69, 9.17) is 16.0 Å². The molecule has 0 radical (unpaired) electrons. The maximum Gasteiger partial charge on any atom is 0.348 e. The molecule has 0 saturated heterocycles. The Bertz CT molecular complexity index is 1270. The van der Waals surface area contributed by atoms with Crippen molar-refractivity contribution in [3.63, 3.8) is 0 Å². The van der Waals surface area contributed by atoms with Gasteiger partial charge in [-0.05, 0) is 36.8 Å². The van der Waals surface area contributed by atoms with Gasteiger partial charge in [0.05, 0.1) is 16.1 Å². The molecular weight excluding hydrogens is 364 g/mol. The molecule has 2 aromatic heterocycles. The summed E-state index contributed by atoms with van der Waals surface area (Å²) in [5, 5.41) is 4.32. The Morgan fingerprint density at radius 3 is 2.89 bits per heavy atom. The summed E-state index contributed by atoms with van der Waals surface area (Å²) < 4.78 is 5.41. The van der Waals surface area contributed by atoms with Crippen molar-refractivity contribution in [1.29, 1.82) is 0 Å². The zero-order valence-electron chi connectivity index (χ0n) is 14.3. The molecule has 4 aromatic rings. The quantitative estimate of drug-likeness (QED) is 0.520. The van der Waals surface area contributed by atoms with E-state index >= 15 is 0 Å². The van der Waals surface area contributed by atoms with E-state index in [1.807, 2.05) is 30.3 Å². The number of rotatable bonds is 2. The SMILES string of the molecule is O=c1oc2ccccc2c(Cl)c1-c1nc2ccc(C3=NCCCN3)cc2[nH]1. The van der Waals surface area contributed by atoms with Crippen LogP contribution in [0.2, 0.25) is 5.02 Å². The number of nitrogens with zero attached hydrogens (tertiary/aromatic N) is 2. The smallest absolute Gasteiger partial charge is 0.348 e. The summed E-state index contributed by atoms with van der Waals surface area (Å²) in [4.78, 5) is 24.8. The lowest BCUT2D eigenvalue weighted by Crippen LogP contribution is -2.30. The third kappa shape index (κ3) is 2.69. The number of hydrogen-bond acceptors (Lipinski definition) is 5. The molecule has 1 aliphatic rings. The van der Waals surface area contributed by atoms with E-state index in [0.29, 0.717) is 21.8 Å². The Kier molecular flexibility index (Phi) is 3.72. The van der Waals surface area contributed by atoms with Gasteiger partial charge < -0.3 is 14.7 Å².